The Balaban J connectivity index is 1.66. The van der Waals surface area contributed by atoms with Crippen molar-refractivity contribution in [2.75, 3.05) is 23.3 Å². The lowest BCUT2D eigenvalue weighted by molar-refractivity contribution is -0.0221. The summed E-state index contributed by atoms with van der Waals surface area (Å²) in [4.78, 5) is 23.7. The Bertz CT molecular complexity index is 925. The van der Waals surface area contributed by atoms with Crippen LogP contribution in [0.25, 0.3) is 0 Å². The summed E-state index contributed by atoms with van der Waals surface area (Å²) < 4.78 is 27.2. The van der Waals surface area contributed by atoms with E-state index in [-0.39, 0.29) is 31.8 Å². The number of carbonyl (C=O) groups excluding carboxylic acids is 1. The number of amides is 1. The first-order chi connectivity index (χ1) is 13.9. The van der Waals surface area contributed by atoms with Gasteiger partial charge in [0.15, 0.2) is 0 Å². The molecular formula is C20H23F2N5OS. The molecule has 0 radical (unpaired) electrons. The topological polar surface area (TPSA) is 84.1 Å². The summed E-state index contributed by atoms with van der Waals surface area (Å²) in [5.41, 5.74) is 2.92. The monoisotopic (exact) mass is 419 g/mol. The Morgan fingerprint density at radius 1 is 1.31 bits per heavy atom. The van der Waals surface area contributed by atoms with Crippen molar-refractivity contribution < 1.29 is 13.6 Å². The van der Waals surface area contributed by atoms with Crippen LogP contribution in [0.4, 0.5) is 20.3 Å². The van der Waals surface area contributed by atoms with Crippen molar-refractivity contribution in [1.82, 2.24) is 9.97 Å². The lowest BCUT2D eigenvalue weighted by Crippen LogP contribution is -2.40. The number of alkyl halides is 2. The summed E-state index contributed by atoms with van der Waals surface area (Å²) in [6.07, 6.45) is 3.27. The molecule has 0 aromatic carbocycles. The summed E-state index contributed by atoms with van der Waals surface area (Å²) in [5, 5.41) is 9.00. The third kappa shape index (κ3) is 4.51. The molecule has 2 aliphatic rings. The van der Waals surface area contributed by atoms with E-state index in [0.717, 1.165) is 36.0 Å². The Kier molecular flexibility index (Phi) is 5.44. The SMILES string of the molecule is Cc1nc(N2CCC(F)(F)CC2)c(C(=O)Nc2ccnc(SN)c2)cc1C1CC1. The maximum atomic E-state index is 13.6. The molecule has 2 aromatic heterocycles. The van der Waals surface area contributed by atoms with Gasteiger partial charge in [-0.25, -0.2) is 18.7 Å². The van der Waals surface area contributed by atoms with Gasteiger partial charge in [0.25, 0.3) is 11.8 Å². The molecule has 1 aliphatic carbocycles. The second-order valence-electron chi connectivity index (χ2n) is 7.61. The number of aryl methyl sites for hydroxylation is 1. The third-order valence-electron chi connectivity index (χ3n) is 5.40. The van der Waals surface area contributed by atoms with Crippen LogP contribution in [0.2, 0.25) is 0 Å². The number of hydrogen-bond acceptors (Lipinski definition) is 6. The average Bonchev–Trinajstić information content (AvgIpc) is 3.53. The number of anilines is 2. The highest BCUT2D eigenvalue weighted by molar-refractivity contribution is 7.97. The molecule has 0 atom stereocenters. The number of rotatable bonds is 5. The number of nitrogens with one attached hydrogen (secondary N) is 1. The van der Waals surface area contributed by atoms with E-state index >= 15 is 0 Å². The summed E-state index contributed by atoms with van der Waals surface area (Å²) >= 11 is 0.994. The summed E-state index contributed by atoms with van der Waals surface area (Å²) in [7, 11) is 0. The zero-order valence-electron chi connectivity index (χ0n) is 16.1. The van der Waals surface area contributed by atoms with E-state index in [4.69, 9.17) is 5.14 Å². The second-order valence-corrected chi connectivity index (χ2v) is 8.26. The van der Waals surface area contributed by atoms with Gasteiger partial charge < -0.3 is 10.2 Å². The lowest BCUT2D eigenvalue weighted by atomic mass is 10.0. The molecule has 4 rings (SSSR count). The molecule has 0 spiro atoms. The van der Waals surface area contributed by atoms with Crippen LogP contribution < -0.4 is 15.4 Å². The highest BCUT2D eigenvalue weighted by Crippen LogP contribution is 2.43. The maximum Gasteiger partial charge on any atom is 0.259 e. The highest BCUT2D eigenvalue weighted by Gasteiger charge is 2.36. The number of hydrogen-bond donors (Lipinski definition) is 2. The van der Waals surface area contributed by atoms with E-state index in [9.17, 15) is 13.6 Å². The van der Waals surface area contributed by atoms with E-state index in [1.54, 1.807) is 23.2 Å². The Morgan fingerprint density at radius 2 is 2.03 bits per heavy atom. The molecule has 1 aliphatic heterocycles. The van der Waals surface area contributed by atoms with Crippen LogP contribution >= 0.6 is 11.9 Å². The predicted molar refractivity (Wildman–Crippen MR) is 110 cm³/mol. The molecule has 0 bridgehead atoms. The molecule has 3 heterocycles. The van der Waals surface area contributed by atoms with Crippen molar-refractivity contribution in [3.8, 4) is 0 Å². The van der Waals surface area contributed by atoms with Crippen LogP contribution in [0, 0.1) is 6.92 Å². The van der Waals surface area contributed by atoms with Gasteiger partial charge in [-0.05, 0) is 61.4 Å². The number of piperidine rings is 1. The number of carbonyl (C=O) groups is 1. The minimum Gasteiger partial charge on any atom is -0.355 e. The van der Waals surface area contributed by atoms with Crippen molar-refractivity contribution in [3.05, 3.63) is 41.2 Å². The van der Waals surface area contributed by atoms with Crippen LogP contribution in [0.15, 0.2) is 29.4 Å². The fourth-order valence-corrected chi connectivity index (χ4v) is 3.94. The number of aromatic nitrogens is 2. The van der Waals surface area contributed by atoms with E-state index in [0.29, 0.717) is 28.0 Å². The van der Waals surface area contributed by atoms with Crippen molar-refractivity contribution in [3.63, 3.8) is 0 Å². The van der Waals surface area contributed by atoms with E-state index < -0.39 is 5.92 Å². The van der Waals surface area contributed by atoms with E-state index in [1.807, 2.05) is 13.0 Å². The number of nitrogens with two attached hydrogens (primary N) is 1. The molecule has 2 fully saturated rings. The van der Waals surface area contributed by atoms with Crippen LogP contribution in [0.3, 0.4) is 0 Å². The molecule has 1 amide bonds. The second kappa shape index (κ2) is 7.87. The lowest BCUT2D eigenvalue weighted by Gasteiger charge is -2.33. The smallest absolute Gasteiger partial charge is 0.259 e. The molecule has 29 heavy (non-hydrogen) atoms. The molecule has 2 aromatic rings. The standard InChI is InChI=1S/C20H23F2N5OS/c1-12-15(13-2-3-13)11-16(18(25-12)27-8-5-20(21,22)6-9-27)19(28)26-14-4-7-24-17(10-14)29-23/h4,7,10-11,13H,2-3,5-6,8-9,23H2,1H3,(H,24,26,28). The van der Waals surface area contributed by atoms with E-state index in [1.165, 1.54) is 0 Å². The zero-order valence-corrected chi connectivity index (χ0v) is 16.9. The van der Waals surface area contributed by atoms with Gasteiger partial charge in [0.1, 0.15) is 10.8 Å². The van der Waals surface area contributed by atoms with Gasteiger partial charge in [-0.1, -0.05) is 0 Å². The van der Waals surface area contributed by atoms with Gasteiger partial charge in [-0.2, -0.15) is 0 Å². The fraction of sp³-hybridized carbons (Fsp3) is 0.450. The molecular weight excluding hydrogens is 396 g/mol. The molecule has 1 saturated heterocycles. The van der Waals surface area contributed by atoms with Crippen molar-refractivity contribution >= 4 is 29.4 Å². The average molecular weight is 420 g/mol. The van der Waals surface area contributed by atoms with Gasteiger partial charge >= 0.3 is 0 Å². The van der Waals surface area contributed by atoms with Gasteiger partial charge in [-0.15, -0.1) is 0 Å². The molecule has 1 saturated carbocycles. The maximum absolute atomic E-state index is 13.6. The number of pyridine rings is 2. The van der Waals surface area contributed by atoms with Gasteiger partial charge in [0.05, 0.1) is 5.56 Å². The number of nitrogens with zero attached hydrogens (tertiary/aromatic N) is 3. The normalized spacial score (nSPS) is 18.6. The molecule has 6 nitrogen and oxygen atoms in total. The van der Waals surface area contributed by atoms with Crippen LogP contribution in [-0.2, 0) is 0 Å². The molecule has 154 valence electrons. The first-order valence-electron chi connectivity index (χ1n) is 9.65. The first-order valence-corrected chi connectivity index (χ1v) is 10.5. The van der Waals surface area contributed by atoms with Gasteiger partial charge in [-0.3, -0.25) is 9.93 Å². The Hall–Kier alpha value is -2.26. The van der Waals surface area contributed by atoms with Crippen LogP contribution in [-0.4, -0.2) is 34.9 Å². The predicted octanol–water partition coefficient (Wildman–Crippen LogP) is 4.12. The third-order valence-corrected chi connectivity index (χ3v) is 5.87. The minimum absolute atomic E-state index is 0.172. The largest absolute Gasteiger partial charge is 0.355 e. The molecule has 3 N–H and O–H groups in total. The zero-order chi connectivity index (χ0) is 20.6. The Labute approximate surface area is 172 Å². The van der Waals surface area contributed by atoms with Crippen LogP contribution in [0.1, 0.15) is 53.2 Å². The summed E-state index contributed by atoms with van der Waals surface area (Å²) in [6.45, 7) is 2.27. The molecule has 9 heteroatoms. The molecule has 0 unspecified atom stereocenters. The highest BCUT2D eigenvalue weighted by atomic mass is 32.2. The van der Waals surface area contributed by atoms with Crippen molar-refractivity contribution in [1.29, 1.82) is 0 Å². The fourth-order valence-electron chi connectivity index (χ4n) is 3.62. The Morgan fingerprint density at radius 3 is 2.69 bits per heavy atom. The number of halogens is 2. The van der Waals surface area contributed by atoms with Crippen LogP contribution in [0.5, 0.6) is 0 Å². The summed E-state index contributed by atoms with van der Waals surface area (Å²) in [5.74, 6) is -2.07. The van der Waals surface area contributed by atoms with Gasteiger partial charge in [0.2, 0.25) is 0 Å². The van der Waals surface area contributed by atoms with E-state index in [2.05, 4.69) is 15.3 Å². The van der Waals surface area contributed by atoms with Crippen molar-refractivity contribution in [2.45, 2.75) is 49.5 Å². The quantitative estimate of drug-likeness (QED) is 0.710. The minimum atomic E-state index is -2.66. The van der Waals surface area contributed by atoms with Gasteiger partial charge in [0, 0.05) is 43.5 Å². The van der Waals surface area contributed by atoms with Crippen molar-refractivity contribution in [2.24, 2.45) is 5.14 Å². The summed E-state index contributed by atoms with van der Waals surface area (Å²) in [6, 6.07) is 5.26. The first kappa shape index (κ1) is 20.0.